The van der Waals surface area contributed by atoms with E-state index in [0.29, 0.717) is 19.3 Å². The molecule has 1 unspecified atom stereocenters. The highest BCUT2D eigenvalue weighted by Gasteiger charge is 2.19. The summed E-state index contributed by atoms with van der Waals surface area (Å²) in [6, 6.07) is 0. The number of carbonyl (C=O) groups is 3. The summed E-state index contributed by atoms with van der Waals surface area (Å²) in [6.07, 6.45) is 77.8. The lowest BCUT2D eigenvalue weighted by Crippen LogP contribution is -2.30. The quantitative estimate of drug-likeness (QED) is 0.0261. The molecule has 416 valence electrons. The monoisotopic (exact) mass is 1000 g/mol. The summed E-state index contributed by atoms with van der Waals surface area (Å²) in [6.45, 7) is 6.48. The number of ether oxygens (including phenoxy) is 3. The van der Waals surface area contributed by atoms with Crippen molar-refractivity contribution in [1.82, 2.24) is 0 Å². The van der Waals surface area contributed by atoms with Gasteiger partial charge in [0, 0.05) is 19.3 Å². The van der Waals surface area contributed by atoms with E-state index >= 15 is 0 Å². The third kappa shape index (κ3) is 57.7. The summed E-state index contributed by atoms with van der Waals surface area (Å²) in [4.78, 5) is 38.2. The van der Waals surface area contributed by atoms with Gasteiger partial charge < -0.3 is 14.2 Å². The minimum absolute atomic E-state index is 0.0981. The van der Waals surface area contributed by atoms with Crippen molar-refractivity contribution in [3.8, 4) is 0 Å². The third-order valence-electron chi connectivity index (χ3n) is 13.4. The van der Waals surface area contributed by atoms with Crippen molar-refractivity contribution in [3.63, 3.8) is 0 Å². The van der Waals surface area contributed by atoms with Gasteiger partial charge in [0.15, 0.2) is 6.10 Å². The molecule has 0 N–H and O–H groups in total. The van der Waals surface area contributed by atoms with Crippen LogP contribution in [0.3, 0.4) is 0 Å². The maximum atomic E-state index is 12.8. The Balaban J connectivity index is 4.30. The van der Waals surface area contributed by atoms with Crippen LogP contribution in [0.5, 0.6) is 0 Å². The maximum Gasteiger partial charge on any atom is 0.306 e. The lowest BCUT2D eigenvalue weighted by atomic mass is 10.0. The smallest absolute Gasteiger partial charge is 0.306 e. The van der Waals surface area contributed by atoms with Gasteiger partial charge in [-0.15, -0.1) is 0 Å². The van der Waals surface area contributed by atoms with E-state index in [2.05, 4.69) is 93.7 Å². The van der Waals surface area contributed by atoms with Gasteiger partial charge in [0.05, 0.1) is 0 Å². The van der Waals surface area contributed by atoms with E-state index in [1.54, 1.807) is 0 Å². The second-order valence-electron chi connectivity index (χ2n) is 20.6. The number of hydrogen-bond donors (Lipinski definition) is 0. The molecule has 0 spiro atoms. The van der Waals surface area contributed by atoms with Crippen LogP contribution < -0.4 is 0 Å². The molecule has 6 heteroatoms. The first-order valence-electron chi connectivity index (χ1n) is 30.9. The highest BCUT2D eigenvalue weighted by atomic mass is 16.6. The molecule has 1 atom stereocenters. The SMILES string of the molecule is CC/C=C\C/C=C\C/C=C\C/C=C\C/C=C\CCCC(=O)OC(COC(=O)CCCCCCC/C=C\CCCCC)COC(=O)CCCCCCCCCCCCCCCCCCCCCCCCCCC. The zero-order valence-electron chi connectivity index (χ0n) is 47.7. The maximum absolute atomic E-state index is 12.8. The summed E-state index contributed by atoms with van der Waals surface area (Å²) < 4.78 is 16.8. The molecule has 0 saturated carbocycles. The largest absolute Gasteiger partial charge is 0.462 e. The fraction of sp³-hybridized carbons (Fsp3) is 0.773. The molecule has 0 saturated heterocycles. The predicted molar refractivity (Wildman–Crippen MR) is 311 cm³/mol. The van der Waals surface area contributed by atoms with Gasteiger partial charge in [0.2, 0.25) is 0 Å². The molecule has 72 heavy (non-hydrogen) atoms. The van der Waals surface area contributed by atoms with E-state index in [0.717, 1.165) is 83.5 Å². The van der Waals surface area contributed by atoms with Crippen molar-refractivity contribution in [2.75, 3.05) is 13.2 Å². The number of esters is 3. The van der Waals surface area contributed by atoms with Crippen molar-refractivity contribution in [2.45, 2.75) is 316 Å². The normalized spacial score (nSPS) is 12.5. The van der Waals surface area contributed by atoms with Gasteiger partial charge in [-0.1, -0.05) is 280 Å². The zero-order valence-corrected chi connectivity index (χ0v) is 47.7. The van der Waals surface area contributed by atoms with Gasteiger partial charge in [-0.25, -0.2) is 0 Å². The van der Waals surface area contributed by atoms with Gasteiger partial charge in [-0.2, -0.15) is 0 Å². The Morgan fingerprint density at radius 3 is 0.931 bits per heavy atom. The molecule has 0 fully saturated rings. The van der Waals surface area contributed by atoms with E-state index in [-0.39, 0.29) is 37.5 Å². The van der Waals surface area contributed by atoms with Gasteiger partial charge in [0.25, 0.3) is 0 Å². The number of carbonyl (C=O) groups excluding carboxylic acids is 3. The van der Waals surface area contributed by atoms with Crippen molar-refractivity contribution in [1.29, 1.82) is 0 Å². The Kier molecular flexibility index (Phi) is 57.8. The first kappa shape index (κ1) is 68.8. The van der Waals surface area contributed by atoms with Crippen molar-refractivity contribution in [3.05, 3.63) is 72.9 Å². The number of unbranched alkanes of at least 4 members (excludes halogenated alkanes) is 33. The highest BCUT2D eigenvalue weighted by molar-refractivity contribution is 5.71. The van der Waals surface area contributed by atoms with Crippen LogP contribution in [0.15, 0.2) is 72.9 Å². The summed E-state index contributed by atoms with van der Waals surface area (Å²) in [5.41, 5.74) is 0. The molecule has 0 aromatic carbocycles. The van der Waals surface area contributed by atoms with Gasteiger partial charge in [0.1, 0.15) is 13.2 Å². The molecule has 6 nitrogen and oxygen atoms in total. The Labute approximate surface area is 446 Å². The molecule has 0 heterocycles. The Morgan fingerprint density at radius 2 is 0.556 bits per heavy atom. The fourth-order valence-corrected chi connectivity index (χ4v) is 8.83. The van der Waals surface area contributed by atoms with Crippen LogP contribution in [0.2, 0.25) is 0 Å². The molecule has 0 aliphatic rings. The van der Waals surface area contributed by atoms with Crippen LogP contribution in [0.4, 0.5) is 0 Å². The van der Waals surface area contributed by atoms with Crippen LogP contribution in [-0.2, 0) is 28.6 Å². The summed E-state index contributed by atoms with van der Waals surface area (Å²) in [7, 11) is 0. The summed E-state index contributed by atoms with van der Waals surface area (Å²) in [5.74, 6) is -0.955. The van der Waals surface area contributed by atoms with E-state index in [1.165, 1.54) is 180 Å². The highest BCUT2D eigenvalue weighted by Crippen LogP contribution is 2.17. The van der Waals surface area contributed by atoms with Gasteiger partial charge in [-0.3, -0.25) is 14.4 Å². The molecule has 0 aliphatic heterocycles. The Hall–Kier alpha value is -3.15. The predicted octanol–water partition coefficient (Wildman–Crippen LogP) is 20.9. The summed E-state index contributed by atoms with van der Waals surface area (Å²) in [5, 5.41) is 0. The number of allylic oxidation sites excluding steroid dienone is 12. The lowest BCUT2D eigenvalue weighted by Gasteiger charge is -2.18. The molecule has 0 rings (SSSR count). The molecule has 0 radical (unpaired) electrons. The van der Waals surface area contributed by atoms with E-state index in [4.69, 9.17) is 14.2 Å². The van der Waals surface area contributed by atoms with E-state index in [1.807, 2.05) is 0 Å². The van der Waals surface area contributed by atoms with Crippen molar-refractivity contribution < 1.29 is 28.6 Å². The van der Waals surface area contributed by atoms with E-state index < -0.39 is 6.10 Å². The number of hydrogen-bond acceptors (Lipinski definition) is 6. The lowest BCUT2D eigenvalue weighted by molar-refractivity contribution is -0.167. The van der Waals surface area contributed by atoms with Crippen LogP contribution >= 0.6 is 0 Å². The number of rotatable bonds is 56. The average Bonchev–Trinajstić information content (AvgIpc) is 3.38. The standard InChI is InChI=1S/C66H116O6/c1-4-7-10-13-16-19-22-25-27-29-30-31-32-33-34-35-36-38-39-41-44-47-50-53-56-59-65(68)71-62-63(61-70-64(67)58-55-52-49-46-43-24-21-18-15-12-9-6-3)72-66(69)60-57-54-51-48-45-42-40-37-28-26-23-20-17-14-11-8-5-2/h8,11,17-18,20-21,26,28,40,42,48,51,63H,4-7,9-10,12-16,19,22-25,27,29-39,41,43-47,49-50,52-62H2,1-3H3/b11-8-,20-17-,21-18-,28-26-,42-40-,51-48-. The molecule has 0 aromatic heterocycles. The van der Waals surface area contributed by atoms with Crippen molar-refractivity contribution in [2.24, 2.45) is 0 Å². The topological polar surface area (TPSA) is 78.9 Å². The van der Waals surface area contributed by atoms with Crippen LogP contribution in [-0.4, -0.2) is 37.2 Å². The average molecular weight is 1010 g/mol. The fourth-order valence-electron chi connectivity index (χ4n) is 8.83. The third-order valence-corrected chi connectivity index (χ3v) is 13.4. The molecule has 0 bridgehead atoms. The van der Waals surface area contributed by atoms with E-state index in [9.17, 15) is 14.4 Å². The molecule has 0 aliphatic carbocycles. The summed E-state index contributed by atoms with van der Waals surface area (Å²) >= 11 is 0. The van der Waals surface area contributed by atoms with Crippen LogP contribution in [0, 0.1) is 0 Å². The second kappa shape index (κ2) is 60.4. The Morgan fingerprint density at radius 1 is 0.292 bits per heavy atom. The van der Waals surface area contributed by atoms with Gasteiger partial charge >= 0.3 is 17.9 Å². The molecule has 0 amide bonds. The first-order valence-corrected chi connectivity index (χ1v) is 30.9. The molecule has 0 aromatic rings. The van der Waals surface area contributed by atoms with Crippen molar-refractivity contribution >= 4 is 17.9 Å². The van der Waals surface area contributed by atoms with Crippen LogP contribution in [0.25, 0.3) is 0 Å². The minimum atomic E-state index is -0.807. The second-order valence-corrected chi connectivity index (χ2v) is 20.6. The minimum Gasteiger partial charge on any atom is -0.462 e. The molecular weight excluding hydrogens is 889 g/mol. The first-order chi connectivity index (χ1) is 35.5. The zero-order chi connectivity index (χ0) is 52.2. The van der Waals surface area contributed by atoms with Gasteiger partial charge in [-0.05, 0) is 83.5 Å². The Bertz CT molecular complexity index is 1340. The van der Waals surface area contributed by atoms with Crippen LogP contribution in [0.1, 0.15) is 310 Å². The molecular formula is C66H116O6.